The number of anilines is 2. The van der Waals surface area contributed by atoms with Crippen LogP contribution in [0.3, 0.4) is 0 Å². The van der Waals surface area contributed by atoms with Crippen LogP contribution in [0.25, 0.3) is 0 Å². The summed E-state index contributed by atoms with van der Waals surface area (Å²) in [5, 5.41) is 9.16. The smallest absolute Gasteiger partial charge is 0.257 e. The van der Waals surface area contributed by atoms with Crippen LogP contribution < -0.4 is 25.4 Å². The number of amides is 2. The second-order valence-electron chi connectivity index (χ2n) is 7.42. The van der Waals surface area contributed by atoms with E-state index in [2.05, 4.69) is 22.9 Å². The van der Waals surface area contributed by atoms with Gasteiger partial charge in [-0.15, -0.1) is 0 Å². The molecule has 0 aliphatic carbocycles. The summed E-state index contributed by atoms with van der Waals surface area (Å²) >= 11 is 0. The molecule has 1 fully saturated rings. The molecule has 2 aliphatic heterocycles. The standard InChI is InChI=1S/C22H25N3O4/c1-14-12-15(8-9-23-14)21(26)25-18-5-3-2-4-17(18)22(27)24-16-6-7-19-20(13-16)29-11-10-28-19/h2-7,13-15,23H,8-12H2,1H3,(H,24,27)(H,25,26)/t14-,15-/m0/s1. The molecule has 7 heteroatoms. The van der Waals surface area contributed by atoms with Crippen LogP contribution >= 0.6 is 0 Å². The van der Waals surface area contributed by atoms with Crippen LogP contribution in [-0.2, 0) is 4.79 Å². The Morgan fingerprint density at radius 3 is 2.66 bits per heavy atom. The Morgan fingerprint density at radius 2 is 1.83 bits per heavy atom. The third-order valence-electron chi connectivity index (χ3n) is 5.22. The Morgan fingerprint density at radius 1 is 1.03 bits per heavy atom. The highest BCUT2D eigenvalue weighted by Crippen LogP contribution is 2.33. The zero-order valence-electron chi connectivity index (χ0n) is 16.4. The predicted molar refractivity (Wildman–Crippen MR) is 111 cm³/mol. The number of fused-ring (bicyclic) bond motifs is 1. The van der Waals surface area contributed by atoms with Gasteiger partial charge in [0.05, 0.1) is 11.3 Å². The van der Waals surface area contributed by atoms with Gasteiger partial charge in [0.15, 0.2) is 11.5 Å². The molecular weight excluding hydrogens is 370 g/mol. The van der Waals surface area contributed by atoms with Gasteiger partial charge >= 0.3 is 0 Å². The monoisotopic (exact) mass is 395 g/mol. The van der Waals surface area contributed by atoms with E-state index in [9.17, 15) is 9.59 Å². The van der Waals surface area contributed by atoms with Crippen LogP contribution in [0.4, 0.5) is 11.4 Å². The molecule has 0 unspecified atom stereocenters. The number of ether oxygens (including phenoxy) is 2. The van der Waals surface area contributed by atoms with E-state index in [1.54, 1.807) is 36.4 Å². The van der Waals surface area contributed by atoms with Gasteiger partial charge in [-0.3, -0.25) is 9.59 Å². The average molecular weight is 395 g/mol. The second kappa shape index (κ2) is 8.53. The molecule has 29 heavy (non-hydrogen) atoms. The quantitative estimate of drug-likeness (QED) is 0.741. The molecule has 2 amide bonds. The minimum absolute atomic E-state index is 0.0436. The maximum atomic E-state index is 12.9. The van der Waals surface area contributed by atoms with Gasteiger partial charge < -0.3 is 25.4 Å². The molecule has 2 heterocycles. The first-order valence-electron chi connectivity index (χ1n) is 9.94. The highest BCUT2D eigenvalue weighted by Gasteiger charge is 2.25. The molecular formula is C22H25N3O4. The molecule has 0 saturated carbocycles. The third kappa shape index (κ3) is 4.51. The van der Waals surface area contributed by atoms with Crippen molar-refractivity contribution in [2.75, 3.05) is 30.4 Å². The Balaban J connectivity index is 1.47. The molecule has 0 aromatic heterocycles. The second-order valence-corrected chi connectivity index (χ2v) is 7.42. The van der Waals surface area contributed by atoms with Crippen molar-refractivity contribution in [2.45, 2.75) is 25.8 Å². The number of rotatable bonds is 4. The lowest BCUT2D eigenvalue weighted by Crippen LogP contribution is -2.40. The highest BCUT2D eigenvalue weighted by molar-refractivity contribution is 6.10. The Labute approximate surface area is 169 Å². The summed E-state index contributed by atoms with van der Waals surface area (Å²) in [4.78, 5) is 25.6. The molecule has 2 aromatic rings. The summed E-state index contributed by atoms with van der Waals surface area (Å²) in [6.45, 7) is 3.90. The Bertz CT molecular complexity index is 915. The largest absolute Gasteiger partial charge is 0.486 e. The number of piperidine rings is 1. The summed E-state index contributed by atoms with van der Waals surface area (Å²) in [7, 11) is 0. The van der Waals surface area contributed by atoms with Gasteiger partial charge in [0, 0.05) is 23.7 Å². The van der Waals surface area contributed by atoms with Gasteiger partial charge in [-0.1, -0.05) is 12.1 Å². The van der Waals surface area contributed by atoms with E-state index < -0.39 is 0 Å². The Kier molecular flexibility index (Phi) is 5.67. The van der Waals surface area contributed by atoms with Crippen molar-refractivity contribution in [1.29, 1.82) is 0 Å². The fourth-order valence-electron chi connectivity index (χ4n) is 3.71. The van der Waals surface area contributed by atoms with Crippen LogP contribution in [0, 0.1) is 5.92 Å². The lowest BCUT2D eigenvalue weighted by atomic mass is 9.92. The zero-order valence-corrected chi connectivity index (χ0v) is 16.4. The number of hydrogen-bond acceptors (Lipinski definition) is 5. The molecule has 152 valence electrons. The number of carbonyl (C=O) groups is 2. The normalized spacial score (nSPS) is 20.6. The van der Waals surface area contributed by atoms with E-state index in [0.717, 1.165) is 19.4 Å². The van der Waals surface area contributed by atoms with E-state index in [0.29, 0.717) is 47.7 Å². The number of carbonyl (C=O) groups excluding carboxylic acids is 2. The van der Waals surface area contributed by atoms with Crippen LogP contribution in [0.1, 0.15) is 30.1 Å². The van der Waals surface area contributed by atoms with Crippen molar-refractivity contribution >= 4 is 23.2 Å². The van der Waals surface area contributed by atoms with Gasteiger partial charge in [-0.25, -0.2) is 0 Å². The summed E-state index contributed by atoms with van der Waals surface area (Å²) in [5.41, 5.74) is 1.53. The van der Waals surface area contributed by atoms with Crippen LogP contribution in [0.15, 0.2) is 42.5 Å². The molecule has 0 spiro atoms. The summed E-state index contributed by atoms with van der Waals surface area (Å²) in [6, 6.07) is 12.6. The molecule has 4 rings (SSSR count). The van der Waals surface area contributed by atoms with Crippen molar-refractivity contribution in [1.82, 2.24) is 5.32 Å². The van der Waals surface area contributed by atoms with Crippen molar-refractivity contribution in [3.05, 3.63) is 48.0 Å². The number of nitrogens with one attached hydrogen (secondary N) is 3. The SMILES string of the molecule is C[C@H]1C[C@@H](C(=O)Nc2ccccc2C(=O)Nc2ccc3c(c2)OCCO3)CCN1. The first-order chi connectivity index (χ1) is 14.1. The zero-order chi connectivity index (χ0) is 20.2. The molecule has 0 bridgehead atoms. The topological polar surface area (TPSA) is 88.7 Å². The van der Waals surface area contributed by atoms with Crippen LogP contribution in [0.2, 0.25) is 0 Å². The lowest BCUT2D eigenvalue weighted by molar-refractivity contribution is -0.120. The lowest BCUT2D eigenvalue weighted by Gasteiger charge is -2.27. The first-order valence-corrected chi connectivity index (χ1v) is 9.94. The van der Waals surface area contributed by atoms with Crippen LogP contribution in [0.5, 0.6) is 11.5 Å². The maximum Gasteiger partial charge on any atom is 0.257 e. The van der Waals surface area contributed by atoms with Crippen LogP contribution in [-0.4, -0.2) is 37.6 Å². The van der Waals surface area contributed by atoms with Gasteiger partial charge in [0.25, 0.3) is 5.91 Å². The Hall–Kier alpha value is -3.06. The van der Waals surface area contributed by atoms with Crippen molar-refractivity contribution in [3.8, 4) is 11.5 Å². The van der Waals surface area contributed by atoms with Gasteiger partial charge in [0.1, 0.15) is 13.2 Å². The van der Waals surface area contributed by atoms with E-state index in [-0.39, 0.29) is 17.7 Å². The van der Waals surface area contributed by atoms with Crippen molar-refractivity contribution in [3.63, 3.8) is 0 Å². The minimum Gasteiger partial charge on any atom is -0.486 e. The van der Waals surface area contributed by atoms with Crippen molar-refractivity contribution in [2.24, 2.45) is 5.92 Å². The highest BCUT2D eigenvalue weighted by atomic mass is 16.6. The maximum absolute atomic E-state index is 12.9. The number of benzene rings is 2. The molecule has 0 radical (unpaired) electrons. The van der Waals surface area contributed by atoms with E-state index in [4.69, 9.17) is 9.47 Å². The molecule has 3 N–H and O–H groups in total. The molecule has 1 saturated heterocycles. The fraction of sp³-hybridized carbons (Fsp3) is 0.364. The fourth-order valence-corrected chi connectivity index (χ4v) is 3.71. The van der Waals surface area contributed by atoms with Gasteiger partial charge in [-0.2, -0.15) is 0 Å². The van der Waals surface area contributed by atoms with Crippen molar-refractivity contribution < 1.29 is 19.1 Å². The predicted octanol–water partition coefficient (Wildman–Crippen LogP) is 3.04. The summed E-state index contributed by atoms with van der Waals surface area (Å²) in [5.74, 6) is 0.878. The number of para-hydroxylation sites is 1. The summed E-state index contributed by atoms with van der Waals surface area (Å²) < 4.78 is 11.1. The average Bonchev–Trinajstić information content (AvgIpc) is 2.74. The first kappa shape index (κ1) is 19.3. The minimum atomic E-state index is -0.295. The number of hydrogen-bond donors (Lipinski definition) is 3. The van der Waals surface area contributed by atoms with E-state index in [1.165, 1.54) is 0 Å². The molecule has 2 aromatic carbocycles. The van der Waals surface area contributed by atoms with Gasteiger partial charge in [-0.05, 0) is 50.6 Å². The van der Waals surface area contributed by atoms with Gasteiger partial charge in [0.2, 0.25) is 5.91 Å². The third-order valence-corrected chi connectivity index (χ3v) is 5.22. The molecule has 7 nitrogen and oxygen atoms in total. The molecule has 2 atom stereocenters. The van der Waals surface area contributed by atoms with E-state index in [1.807, 2.05) is 6.07 Å². The summed E-state index contributed by atoms with van der Waals surface area (Å²) in [6.07, 6.45) is 1.58. The molecule has 2 aliphatic rings. The van der Waals surface area contributed by atoms with E-state index >= 15 is 0 Å².